The molecule has 0 aliphatic carbocycles. The van der Waals surface area contributed by atoms with Crippen molar-refractivity contribution < 1.29 is 8.23 Å². The largest absolute Gasteiger partial charge is 0.430 e. The summed E-state index contributed by atoms with van der Waals surface area (Å²) in [5, 5.41) is 1.16. The molecule has 106 valence electrons. The summed E-state index contributed by atoms with van der Waals surface area (Å²) in [5.74, 6) is 0. The van der Waals surface area contributed by atoms with Gasteiger partial charge in [0.25, 0.3) is 0 Å². The fourth-order valence-corrected chi connectivity index (χ4v) is 12.2. The third kappa shape index (κ3) is 5.19. The second-order valence-electron chi connectivity index (χ2n) is 6.67. The van der Waals surface area contributed by atoms with Gasteiger partial charge in [-0.1, -0.05) is 30.3 Å². The van der Waals surface area contributed by atoms with Crippen molar-refractivity contribution in [1.29, 1.82) is 0 Å². The van der Waals surface area contributed by atoms with Crippen LogP contribution in [0.3, 0.4) is 0 Å². The molecule has 0 atom stereocenters. The minimum atomic E-state index is -2.53. The van der Waals surface area contributed by atoms with Gasteiger partial charge in [0.15, 0.2) is 16.6 Å². The summed E-state index contributed by atoms with van der Waals surface area (Å²) in [4.78, 5) is 0. The minimum absolute atomic E-state index is 1.16. The Morgan fingerprint density at radius 2 is 1.26 bits per heavy atom. The quantitative estimate of drug-likeness (QED) is 0.745. The molecule has 19 heavy (non-hydrogen) atoms. The van der Waals surface area contributed by atoms with Crippen LogP contribution in [0.4, 0.5) is 0 Å². The van der Waals surface area contributed by atoms with E-state index >= 15 is 0 Å². The Balaban J connectivity index is 3.26. The molecule has 0 heterocycles. The monoisotopic (exact) mass is 310 g/mol. The van der Waals surface area contributed by atoms with Crippen LogP contribution < -0.4 is 5.19 Å². The van der Waals surface area contributed by atoms with E-state index in [1.807, 2.05) is 23.9 Å². The predicted molar refractivity (Wildman–Crippen MR) is 90.9 cm³/mol. The standard InChI is InChI=1S/C14H26O2Si3/c1-8-19(15-17(2,3)4,16-18(5,6)7)14-12-10-9-11-13-14/h8-13H,1H2,2-7H3. The van der Waals surface area contributed by atoms with Crippen molar-refractivity contribution in [3.63, 3.8) is 0 Å². The van der Waals surface area contributed by atoms with Gasteiger partial charge in [-0.2, -0.15) is 0 Å². The van der Waals surface area contributed by atoms with Crippen LogP contribution in [0.1, 0.15) is 0 Å². The van der Waals surface area contributed by atoms with E-state index in [2.05, 4.69) is 58.0 Å². The maximum Gasteiger partial charge on any atom is 0.378 e. The van der Waals surface area contributed by atoms with Crippen LogP contribution in [0.25, 0.3) is 0 Å². The normalized spacial score (nSPS) is 13.4. The summed E-state index contributed by atoms with van der Waals surface area (Å²) in [6.07, 6.45) is 0. The molecule has 0 bridgehead atoms. The van der Waals surface area contributed by atoms with Crippen LogP contribution in [0, 0.1) is 0 Å². The van der Waals surface area contributed by atoms with Gasteiger partial charge < -0.3 is 8.23 Å². The zero-order chi connectivity index (χ0) is 14.7. The van der Waals surface area contributed by atoms with Crippen LogP contribution in [0.15, 0.2) is 42.6 Å². The van der Waals surface area contributed by atoms with Crippen LogP contribution in [0.2, 0.25) is 39.3 Å². The van der Waals surface area contributed by atoms with Crippen molar-refractivity contribution in [3.8, 4) is 0 Å². The molecular formula is C14H26O2Si3. The molecule has 1 aromatic rings. The molecule has 1 aromatic carbocycles. The summed E-state index contributed by atoms with van der Waals surface area (Å²) < 4.78 is 13.0. The maximum atomic E-state index is 6.51. The molecule has 0 aliphatic heterocycles. The Morgan fingerprint density at radius 3 is 1.58 bits per heavy atom. The first kappa shape index (κ1) is 16.6. The van der Waals surface area contributed by atoms with Gasteiger partial charge in [-0.15, -0.1) is 6.58 Å². The molecule has 0 amide bonds. The second-order valence-corrected chi connectivity index (χ2v) is 19.1. The van der Waals surface area contributed by atoms with Crippen molar-refractivity contribution in [2.45, 2.75) is 39.3 Å². The van der Waals surface area contributed by atoms with Crippen molar-refractivity contribution in [1.82, 2.24) is 0 Å². The van der Waals surface area contributed by atoms with Crippen LogP contribution >= 0.6 is 0 Å². The Morgan fingerprint density at radius 1 is 0.842 bits per heavy atom. The van der Waals surface area contributed by atoms with Gasteiger partial charge in [0, 0.05) is 0 Å². The molecule has 0 N–H and O–H groups in total. The van der Waals surface area contributed by atoms with Crippen LogP contribution in [-0.4, -0.2) is 25.2 Å². The minimum Gasteiger partial charge on any atom is -0.430 e. The number of hydrogen-bond donors (Lipinski definition) is 0. The molecule has 0 aliphatic rings. The van der Waals surface area contributed by atoms with Crippen molar-refractivity contribution >= 4 is 30.4 Å². The van der Waals surface area contributed by atoms with E-state index in [0.29, 0.717) is 0 Å². The van der Waals surface area contributed by atoms with Gasteiger partial charge in [-0.3, -0.25) is 0 Å². The first-order valence-corrected chi connectivity index (χ1v) is 15.4. The van der Waals surface area contributed by atoms with Gasteiger partial charge >= 0.3 is 8.56 Å². The molecule has 5 heteroatoms. The fraction of sp³-hybridized carbons (Fsp3) is 0.429. The zero-order valence-electron chi connectivity index (χ0n) is 13.0. The first-order chi connectivity index (χ1) is 8.58. The highest BCUT2D eigenvalue weighted by molar-refractivity contribution is 6.97. The van der Waals surface area contributed by atoms with E-state index < -0.39 is 25.2 Å². The zero-order valence-corrected chi connectivity index (χ0v) is 16.0. The third-order valence-corrected chi connectivity index (χ3v) is 11.4. The Kier molecular flexibility index (Phi) is 5.14. The lowest BCUT2D eigenvalue weighted by Gasteiger charge is -2.38. The Hall–Kier alpha value is -0.469. The van der Waals surface area contributed by atoms with Gasteiger partial charge in [-0.05, 0) is 50.2 Å². The molecule has 0 aromatic heterocycles. The number of hydrogen-bond acceptors (Lipinski definition) is 2. The molecule has 0 unspecified atom stereocenters. The van der Waals surface area contributed by atoms with E-state index in [1.165, 1.54) is 0 Å². The summed E-state index contributed by atoms with van der Waals surface area (Å²) in [6, 6.07) is 10.3. The van der Waals surface area contributed by atoms with E-state index in [4.69, 9.17) is 8.23 Å². The average molecular weight is 311 g/mol. The van der Waals surface area contributed by atoms with Crippen LogP contribution in [-0.2, 0) is 8.23 Å². The third-order valence-electron chi connectivity index (χ3n) is 2.36. The average Bonchev–Trinajstić information content (AvgIpc) is 2.25. The lowest BCUT2D eigenvalue weighted by molar-refractivity contribution is 0.412. The second kappa shape index (κ2) is 5.89. The molecule has 0 radical (unpaired) electrons. The molecule has 0 saturated carbocycles. The van der Waals surface area contributed by atoms with Crippen molar-refractivity contribution in [2.75, 3.05) is 0 Å². The summed E-state index contributed by atoms with van der Waals surface area (Å²) in [5.41, 5.74) is 1.94. The summed E-state index contributed by atoms with van der Waals surface area (Å²) in [7, 11) is -5.95. The van der Waals surface area contributed by atoms with Gasteiger partial charge in [0.05, 0.1) is 0 Å². The van der Waals surface area contributed by atoms with E-state index in [0.717, 1.165) is 5.19 Å². The molecule has 0 spiro atoms. The van der Waals surface area contributed by atoms with Crippen LogP contribution in [0.5, 0.6) is 0 Å². The molecule has 0 saturated heterocycles. The van der Waals surface area contributed by atoms with Crippen molar-refractivity contribution in [3.05, 3.63) is 42.6 Å². The first-order valence-electron chi connectivity index (χ1n) is 6.67. The molecule has 0 fully saturated rings. The summed E-state index contributed by atoms with van der Waals surface area (Å²) in [6.45, 7) is 17.3. The highest BCUT2D eigenvalue weighted by Gasteiger charge is 2.44. The number of rotatable bonds is 6. The van der Waals surface area contributed by atoms with Gasteiger partial charge in [-0.25, -0.2) is 0 Å². The SMILES string of the molecule is C=C[Si](O[Si](C)(C)C)(O[Si](C)(C)C)c1ccccc1. The predicted octanol–water partition coefficient (Wildman–Crippen LogP) is 3.76. The van der Waals surface area contributed by atoms with Crippen molar-refractivity contribution in [2.24, 2.45) is 0 Å². The summed E-state index contributed by atoms with van der Waals surface area (Å²) >= 11 is 0. The van der Waals surface area contributed by atoms with E-state index in [9.17, 15) is 0 Å². The number of benzene rings is 1. The highest BCUT2D eigenvalue weighted by atomic mass is 28.5. The highest BCUT2D eigenvalue weighted by Crippen LogP contribution is 2.21. The topological polar surface area (TPSA) is 18.5 Å². The molecule has 1 rings (SSSR count). The lowest BCUT2D eigenvalue weighted by Crippen LogP contribution is -2.61. The Bertz CT molecular complexity index is 403. The lowest BCUT2D eigenvalue weighted by atomic mass is 10.4. The van der Waals surface area contributed by atoms with E-state index in [-0.39, 0.29) is 0 Å². The smallest absolute Gasteiger partial charge is 0.378 e. The Labute approximate surface area is 121 Å². The molecular weight excluding hydrogens is 284 g/mol. The van der Waals surface area contributed by atoms with Gasteiger partial charge in [0.1, 0.15) is 0 Å². The fourth-order valence-electron chi connectivity index (χ4n) is 1.92. The van der Waals surface area contributed by atoms with E-state index in [1.54, 1.807) is 0 Å². The van der Waals surface area contributed by atoms with Gasteiger partial charge in [0.2, 0.25) is 0 Å². The molecule has 2 nitrogen and oxygen atoms in total. The maximum absolute atomic E-state index is 6.51.